The fourth-order valence-electron chi connectivity index (χ4n) is 4.98. The molecule has 1 unspecified atom stereocenters. The number of rotatable bonds is 6. The van der Waals surface area contributed by atoms with Gasteiger partial charge in [0.1, 0.15) is 0 Å². The highest BCUT2D eigenvalue weighted by atomic mass is 16.3. The van der Waals surface area contributed by atoms with E-state index >= 15 is 0 Å². The van der Waals surface area contributed by atoms with Gasteiger partial charge in [-0.15, -0.1) is 0 Å². The second kappa shape index (κ2) is 9.91. The number of likely N-dealkylation sites (N-methyl/N-ethyl adjacent to an activating group) is 1. The van der Waals surface area contributed by atoms with Crippen molar-refractivity contribution in [3.8, 4) is 0 Å². The van der Waals surface area contributed by atoms with Crippen LogP contribution in [0.3, 0.4) is 0 Å². The average Bonchev–Trinajstić information content (AvgIpc) is 2.79. The Balaban J connectivity index is 1.51. The molecule has 2 aromatic carbocycles. The molecule has 1 atom stereocenters. The van der Waals surface area contributed by atoms with Crippen LogP contribution in [0.5, 0.6) is 0 Å². The average molecular weight is 405 g/mol. The van der Waals surface area contributed by atoms with E-state index in [0.29, 0.717) is 0 Å². The van der Waals surface area contributed by atoms with Gasteiger partial charge in [-0.2, -0.15) is 0 Å². The first-order chi connectivity index (χ1) is 14.6. The molecule has 0 radical (unpaired) electrons. The van der Waals surface area contributed by atoms with Crippen molar-refractivity contribution in [1.82, 2.24) is 9.80 Å². The summed E-state index contributed by atoms with van der Waals surface area (Å²) in [5.74, 6) is 0.188. The molecule has 0 amide bonds. The quantitative estimate of drug-likeness (QED) is 0.695. The van der Waals surface area contributed by atoms with Gasteiger partial charge in [-0.25, -0.2) is 0 Å². The standard InChI is InChI=1S/C27H36N2O/c1-28-18-20-29(21-19-28)22-26(27(30)16-6-3-7-17-27)25-14-12-24(13-15-25)11-10-23-8-4-2-5-9-23/h2,4-5,8-15,26,30H,3,6-7,16-22H2,1H3. The van der Waals surface area contributed by atoms with Crippen molar-refractivity contribution in [2.75, 3.05) is 39.8 Å². The first-order valence-corrected chi connectivity index (χ1v) is 11.6. The molecule has 30 heavy (non-hydrogen) atoms. The maximum atomic E-state index is 11.6. The topological polar surface area (TPSA) is 26.7 Å². The number of hydrogen-bond acceptors (Lipinski definition) is 3. The van der Waals surface area contributed by atoms with E-state index in [0.717, 1.165) is 58.4 Å². The van der Waals surface area contributed by atoms with E-state index in [-0.39, 0.29) is 5.92 Å². The van der Waals surface area contributed by atoms with Crippen molar-refractivity contribution in [3.63, 3.8) is 0 Å². The molecular formula is C27H36N2O. The highest BCUT2D eigenvalue weighted by Gasteiger charge is 2.39. The molecule has 1 aliphatic carbocycles. The molecule has 2 aromatic rings. The van der Waals surface area contributed by atoms with Gasteiger partial charge < -0.3 is 14.9 Å². The Bertz CT molecular complexity index is 801. The van der Waals surface area contributed by atoms with Gasteiger partial charge >= 0.3 is 0 Å². The molecule has 4 rings (SSSR count). The highest BCUT2D eigenvalue weighted by molar-refractivity contribution is 5.69. The summed E-state index contributed by atoms with van der Waals surface area (Å²) >= 11 is 0. The lowest BCUT2D eigenvalue weighted by Crippen LogP contribution is -2.50. The van der Waals surface area contributed by atoms with Crippen LogP contribution in [0.1, 0.15) is 54.7 Å². The zero-order valence-electron chi connectivity index (χ0n) is 18.3. The van der Waals surface area contributed by atoms with Crippen molar-refractivity contribution in [1.29, 1.82) is 0 Å². The summed E-state index contributed by atoms with van der Waals surface area (Å²) in [6.45, 7) is 5.40. The molecule has 1 saturated heterocycles. The Hall–Kier alpha value is -1.94. The van der Waals surface area contributed by atoms with Crippen molar-refractivity contribution < 1.29 is 5.11 Å². The first kappa shape index (κ1) is 21.3. The molecule has 2 aliphatic rings. The predicted molar refractivity (Wildman–Crippen MR) is 127 cm³/mol. The lowest BCUT2D eigenvalue weighted by atomic mass is 9.72. The van der Waals surface area contributed by atoms with Gasteiger partial charge in [-0.05, 0) is 36.6 Å². The molecule has 3 heteroatoms. The molecule has 0 bridgehead atoms. The Morgan fingerprint density at radius 2 is 1.43 bits per heavy atom. The lowest BCUT2D eigenvalue weighted by Gasteiger charge is -2.43. The maximum Gasteiger partial charge on any atom is 0.0728 e. The van der Waals surface area contributed by atoms with Crippen LogP contribution in [0, 0.1) is 0 Å². The van der Waals surface area contributed by atoms with Gasteiger partial charge in [-0.3, -0.25) is 0 Å². The zero-order chi connectivity index (χ0) is 20.8. The molecule has 0 aromatic heterocycles. The molecule has 3 nitrogen and oxygen atoms in total. The largest absolute Gasteiger partial charge is 0.389 e. The molecule has 1 heterocycles. The number of benzene rings is 2. The molecule has 0 spiro atoms. The monoisotopic (exact) mass is 404 g/mol. The van der Waals surface area contributed by atoms with Crippen LogP contribution >= 0.6 is 0 Å². The Labute approximate surface area is 182 Å². The van der Waals surface area contributed by atoms with E-state index in [1.165, 1.54) is 23.1 Å². The fraction of sp³-hybridized carbons (Fsp3) is 0.481. The summed E-state index contributed by atoms with van der Waals surface area (Å²) < 4.78 is 0. The van der Waals surface area contributed by atoms with Crippen molar-refractivity contribution in [2.45, 2.75) is 43.6 Å². The molecule has 1 aliphatic heterocycles. The van der Waals surface area contributed by atoms with E-state index in [9.17, 15) is 5.11 Å². The summed E-state index contributed by atoms with van der Waals surface area (Å²) in [5.41, 5.74) is 3.14. The second-order valence-electron chi connectivity index (χ2n) is 9.23. The third kappa shape index (κ3) is 5.40. The van der Waals surface area contributed by atoms with Gasteiger partial charge in [0.25, 0.3) is 0 Å². The number of hydrogen-bond donors (Lipinski definition) is 1. The molecule has 1 saturated carbocycles. The van der Waals surface area contributed by atoms with Crippen molar-refractivity contribution in [3.05, 3.63) is 71.3 Å². The van der Waals surface area contributed by atoms with Gasteiger partial charge in [0.15, 0.2) is 0 Å². The van der Waals surface area contributed by atoms with Crippen molar-refractivity contribution >= 4 is 12.2 Å². The van der Waals surface area contributed by atoms with Crippen molar-refractivity contribution in [2.24, 2.45) is 0 Å². The Morgan fingerprint density at radius 3 is 2.07 bits per heavy atom. The van der Waals surface area contributed by atoms with Crippen LogP contribution in [0.25, 0.3) is 12.2 Å². The van der Waals surface area contributed by atoms with E-state index in [1.807, 2.05) is 6.07 Å². The Morgan fingerprint density at radius 1 is 0.833 bits per heavy atom. The van der Waals surface area contributed by atoms with E-state index in [1.54, 1.807) is 0 Å². The van der Waals surface area contributed by atoms with Crippen LogP contribution in [0.4, 0.5) is 0 Å². The summed E-state index contributed by atoms with van der Waals surface area (Å²) in [6, 6.07) is 19.3. The minimum Gasteiger partial charge on any atom is -0.389 e. The van der Waals surface area contributed by atoms with E-state index < -0.39 is 5.60 Å². The van der Waals surface area contributed by atoms with E-state index in [2.05, 4.69) is 77.5 Å². The zero-order valence-corrected chi connectivity index (χ0v) is 18.3. The predicted octanol–water partition coefficient (Wildman–Crippen LogP) is 4.88. The summed E-state index contributed by atoms with van der Waals surface area (Å²) in [6.07, 6.45) is 9.74. The molecule has 160 valence electrons. The van der Waals surface area contributed by atoms with Crippen LogP contribution < -0.4 is 0 Å². The lowest BCUT2D eigenvalue weighted by molar-refractivity contribution is -0.0337. The van der Waals surface area contributed by atoms with Gasteiger partial charge in [0.05, 0.1) is 5.60 Å². The second-order valence-corrected chi connectivity index (χ2v) is 9.23. The van der Waals surface area contributed by atoms with Gasteiger partial charge in [0.2, 0.25) is 0 Å². The summed E-state index contributed by atoms with van der Waals surface area (Å²) in [5, 5.41) is 11.6. The summed E-state index contributed by atoms with van der Waals surface area (Å²) in [4.78, 5) is 4.95. The number of piperazine rings is 1. The number of nitrogens with zero attached hydrogens (tertiary/aromatic N) is 2. The minimum atomic E-state index is -0.566. The third-order valence-electron chi connectivity index (χ3n) is 7.01. The summed E-state index contributed by atoms with van der Waals surface area (Å²) in [7, 11) is 2.20. The van der Waals surface area contributed by atoms with Crippen LogP contribution in [0.15, 0.2) is 54.6 Å². The Kier molecular flexibility index (Phi) is 7.04. The van der Waals surface area contributed by atoms with Crippen LogP contribution in [0.2, 0.25) is 0 Å². The minimum absolute atomic E-state index is 0.188. The third-order valence-corrected chi connectivity index (χ3v) is 7.01. The first-order valence-electron chi connectivity index (χ1n) is 11.6. The number of aliphatic hydroxyl groups is 1. The maximum absolute atomic E-state index is 11.6. The van der Waals surface area contributed by atoms with Gasteiger partial charge in [0, 0.05) is 38.6 Å². The SMILES string of the molecule is CN1CCN(CC(c2ccc(C=Cc3ccccc3)cc2)C2(O)CCCCC2)CC1. The molecule has 1 N–H and O–H groups in total. The van der Waals surface area contributed by atoms with Crippen LogP contribution in [-0.4, -0.2) is 60.3 Å². The molecule has 2 fully saturated rings. The van der Waals surface area contributed by atoms with Crippen LogP contribution in [-0.2, 0) is 0 Å². The highest BCUT2D eigenvalue weighted by Crippen LogP contribution is 2.40. The normalized spacial score (nSPS) is 21.7. The smallest absolute Gasteiger partial charge is 0.0728 e. The van der Waals surface area contributed by atoms with E-state index in [4.69, 9.17) is 0 Å². The van der Waals surface area contributed by atoms with Gasteiger partial charge in [-0.1, -0.05) is 86.0 Å². The fourth-order valence-corrected chi connectivity index (χ4v) is 4.98. The molecular weight excluding hydrogens is 368 g/mol.